The van der Waals surface area contributed by atoms with Crippen LogP contribution in [-0.2, 0) is 19.3 Å². The van der Waals surface area contributed by atoms with E-state index in [1.165, 1.54) is 27.8 Å². The van der Waals surface area contributed by atoms with E-state index in [9.17, 15) is 0 Å². The van der Waals surface area contributed by atoms with Crippen molar-refractivity contribution in [1.82, 2.24) is 15.0 Å². The van der Waals surface area contributed by atoms with Crippen LogP contribution in [0, 0.1) is 6.92 Å². The number of fused-ring (bicyclic) bond motifs is 3. The molecule has 0 saturated carbocycles. The summed E-state index contributed by atoms with van der Waals surface area (Å²) in [5, 5.41) is 0. The van der Waals surface area contributed by atoms with Gasteiger partial charge in [-0.2, -0.15) is 0 Å². The lowest BCUT2D eigenvalue weighted by Gasteiger charge is -2.09. The van der Waals surface area contributed by atoms with Crippen LogP contribution in [0.3, 0.4) is 0 Å². The van der Waals surface area contributed by atoms with Gasteiger partial charge in [0.15, 0.2) is 0 Å². The van der Waals surface area contributed by atoms with Crippen molar-refractivity contribution in [2.24, 2.45) is 0 Å². The van der Waals surface area contributed by atoms with Crippen LogP contribution < -0.4 is 0 Å². The SMILES string of the molecule is CCc1nc(C)nc(Cc2cccc3c2Cc2ccccc2-3)n1. The Balaban J connectivity index is 1.74. The fourth-order valence-electron chi connectivity index (χ4n) is 3.39. The number of rotatable bonds is 3. The third kappa shape index (κ3) is 2.52. The smallest absolute Gasteiger partial charge is 0.136 e. The molecular weight excluding hydrogens is 282 g/mol. The van der Waals surface area contributed by atoms with E-state index in [1.54, 1.807) is 0 Å². The zero-order chi connectivity index (χ0) is 15.8. The van der Waals surface area contributed by atoms with Gasteiger partial charge in [-0.3, -0.25) is 0 Å². The highest BCUT2D eigenvalue weighted by molar-refractivity contribution is 5.77. The molecule has 1 aliphatic rings. The van der Waals surface area contributed by atoms with E-state index < -0.39 is 0 Å². The predicted molar refractivity (Wildman–Crippen MR) is 91.4 cm³/mol. The summed E-state index contributed by atoms with van der Waals surface area (Å²) in [7, 11) is 0. The molecule has 0 radical (unpaired) electrons. The molecule has 2 aromatic carbocycles. The summed E-state index contributed by atoms with van der Waals surface area (Å²) < 4.78 is 0. The van der Waals surface area contributed by atoms with Crippen molar-refractivity contribution in [3.63, 3.8) is 0 Å². The van der Waals surface area contributed by atoms with Gasteiger partial charge in [0.25, 0.3) is 0 Å². The lowest BCUT2D eigenvalue weighted by Crippen LogP contribution is -2.06. The Morgan fingerprint density at radius 2 is 1.65 bits per heavy atom. The molecule has 0 unspecified atom stereocenters. The monoisotopic (exact) mass is 301 g/mol. The number of aromatic nitrogens is 3. The largest absolute Gasteiger partial charge is 0.218 e. The Labute approximate surface area is 136 Å². The van der Waals surface area contributed by atoms with Crippen molar-refractivity contribution in [2.75, 3.05) is 0 Å². The predicted octanol–water partition coefficient (Wildman–Crippen LogP) is 3.90. The van der Waals surface area contributed by atoms with E-state index in [0.717, 1.165) is 36.7 Å². The van der Waals surface area contributed by atoms with Crippen molar-refractivity contribution in [3.8, 4) is 11.1 Å². The average molecular weight is 301 g/mol. The summed E-state index contributed by atoms with van der Waals surface area (Å²) >= 11 is 0. The van der Waals surface area contributed by atoms with Crippen LogP contribution in [0.25, 0.3) is 11.1 Å². The molecular formula is C20H19N3. The minimum Gasteiger partial charge on any atom is -0.218 e. The molecule has 0 N–H and O–H groups in total. The van der Waals surface area contributed by atoms with Crippen molar-refractivity contribution in [2.45, 2.75) is 33.1 Å². The molecule has 0 aliphatic heterocycles. The molecule has 4 rings (SSSR count). The maximum atomic E-state index is 4.60. The third-order valence-electron chi connectivity index (χ3n) is 4.45. The minimum absolute atomic E-state index is 0.771. The van der Waals surface area contributed by atoms with Gasteiger partial charge in [0.2, 0.25) is 0 Å². The van der Waals surface area contributed by atoms with Crippen molar-refractivity contribution < 1.29 is 0 Å². The summed E-state index contributed by atoms with van der Waals surface area (Å²) in [6.07, 6.45) is 2.62. The van der Waals surface area contributed by atoms with Crippen LogP contribution in [0.4, 0.5) is 0 Å². The molecule has 0 amide bonds. The molecule has 114 valence electrons. The number of hydrogen-bond donors (Lipinski definition) is 0. The Bertz CT molecular complexity index is 884. The van der Waals surface area contributed by atoms with E-state index in [4.69, 9.17) is 0 Å². The van der Waals surface area contributed by atoms with Gasteiger partial charge in [-0.05, 0) is 41.2 Å². The van der Waals surface area contributed by atoms with Crippen LogP contribution in [0.1, 0.15) is 41.1 Å². The van der Waals surface area contributed by atoms with E-state index >= 15 is 0 Å². The lowest BCUT2D eigenvalue weighted by molar-refractivity contribution is 0.805. The highest BCUT2D eigenvalue weighted by Crippen LogP contribution is 2.38. The molecule has 1 heterocycles. The topological polar surface area (TPSA) is 38.7 Å². The molecule has 0 fully saturated rings. The Morgan fingerprint density at radius 1 is 0.870 bits per heavy atom. The molecule has 0 spiro atoms. The summed E-state index contributed by atoms with van der Waals surface area (Å²) in [6.45, 7) is 4.02. The number of benzene rings is 2. The standard InChI is InChI=1S/C20H19N3/c1-3-19-21-13(2)22-20(23-19)12-15-8-6-10-17-16-9-5-4-7-14(16)11-18(15)17/h4-10H,3,11-12H2,1-2H3. The maximum absolute atomic E-state index is 4.60. The fourth-order valence-corrected chi connectivity index (χ4v) is 3.39. The van der Waals surface area contributed by atoms with Crippen molar-refractivity contribution in [3.05, 3.63) is 76.6 Å². The number of hydrogen-bond acceptors (Lipinski definition) is 3. The zero-order valence-corrected chi connectivity index (χ0v) is 13.5. The first-order valence-electron chi connectivity index (χ1n) is 8.14. The summed E-state index contributed by atoms with van der Waals surface area (Å²) in [5.74, 6) is 2.56. The van der Waals surface area contributed by atoms with Crippen LogP contribution in [0.5, 0.6) is 0 Å². The number of nitrogens with zero attached hydrogens (tertiary/aromatic N) is 3. The zero-order valence-electron chi connectivity index (χ0n) is 13.5. The van der Waals surface area contributed by atoms with Crippen LogP contribution in [-0.4, -0.2) is 15.0 Å². The highest BCUT2D eigenvalue weighted by atomic mass is 15.0. The van der Waals surface area contributed by atoms with Gasteiger partial charge in [0.1, 0.15) is 17.5 Å². The first kappa shape index (κ1) is 14.1. The molecule has 0 bridgehead atoms. The first-order chi connectivity index (χ1) is 11.2. The Morgan fingerprint density at radius 3 is 2.52 bits per heavy atom. The van der Waals surface area contributed by atoms with E-state index in [2.05, 4.69) is 64.3 Å². The summed E-state index contributed by atoms with van der Waals surface area (Å²) in [6, 6.07) is 15.2. The quantitative estimate of drug-likeness (QED) is 0.576. The summed E-state index contributed by atoms with van der Waals surface area (Å²) in [5.41, 5.74) is 6.89. The second-order valence-electron chi connectivity index (χ2n) is 6.02. The second-order valence-corrected chi connectivity index (χ2v) is 6.02. The Kier molecular flexibility index (Phi) is 3.41. The highest BCUT2D eigenvalue weighted by Gasteiger charge is 2.20. The van der Waals surface area contributed by atoms with E-state index in [0.29, 0.717) is 0 Å². The second kappa shape index (κ2) is 5.58. The van der Waals surface area contributed by atoms with E-state index in [1.807, 2.05) is 6.92 Å². The van der Waals surface area contributed by atoms with Gasteiger partial charge in [-0.25, -0.2) is 15.0 Å². The van der Waals surface area contributed by atoms with Crippen LogP contribution in [0.15, 0.2) is 42.5 Å². The van der Waals surface area contributed by atoms with Gasteiger partial charge in [-0.15, -0.1) is 0 Å². The molecule has 0 atom stereocenters. The van der Waals surface area contributed by atoms with Gasteiger partial charge in [0.05, 0.1) is 0 Å². The fraction of sp³-hybridized carbons (Fsp3) is 0.250. The van der Waals surface area contributed by atoms with Gasteiger partial charge >= 0.3 is 0 Å². The lowest BCUT2D eigenvalue weighted by atomic mass is 9.99. The maximum Gasteiger partial charge on any atom is 0.136 e. The summed E-state index contributed by atoms with van der Waals surface area (Å²) in [4.78, 5) is 13.5. The van der Waals surface area contributed by atoms with Crippen molar-refractivity contribution in [1.29, 1.82) is 0 Å². The normalized spacial score (nSPS) is 12.1. The van der Waals surface area contributed by atoms with E-state index in [-0.39, 0.29) is 0 Å². The van der Waals surface area contributed by atoms with Gasteiger partial charge in [-0.1, -0.05) is 49.4 Å². The molecule has 1 aromatic heterocycles. The number of aryl methyl sites for hydroxylation is 2. The molecule has 3 nitrogen and oxygen atoms in total. The first-order valence-corrected chi connectivity index (χ1v) is 8.14. The Hall–Kier alpha value is -2.55. The minimum atomic E-state index is 0.771. The van der Waals surface area contributed by atoms with Crippen molar-refractivity contribution >= 4 is 0 Å². The van der Waals surface area contributed by atoms with Crippen LogP contribution in [0.2, 0.25) is 0 Å². The molecule has 0 saturated heterocycles. The average Bonchev–Trinajstić information content (AvgIpc) is 2.94. The van der Waals surface area contributed by atoms with Gasteiger partial charge < -0.3 is 0 Å². The molecule has 1 aliphatic carbocycles. The van der Waals surface area contributed by atoms with Crippen LogP contribution >= 0.6 is 0 Å². The molecule has 23 heavy (non-hydrogen) atoms. The third-order valence-corrected chi connectivity index (χ3v) is 4.45. The molecule has 3 heteroatoms. The molecule has 3 aromatic rings. The van der Waals surface area contributed by atoms with Gasteiger partial charge in [0, 0.05) is 12.8 Å².